The molecule has 0 spiro atoms. The van der Waals surface area contributed by atoms with Crippen molar-refractivity contribution in [2.45, 2.75) is 0 Å². The molecule has 2 nitrogen and oxygen atoms in total. The van der Waals surface area contributed by atoms with Crippen LogP contribution < -0.4 is 0 Å². The molecule has 0 radical (unpaired) electrons. The summed E-state index contributed by atoms with van der Waals surface area (Å²) in [5, 5.41) is 0.276. The third-order valence-electron chi connectivity index (χ3n) is 1.17. The van der Waals surface area contributed by atoms with Crippen LogP contribution in [0, 0.1) is 0 Å². The molecule has 0 amide bonds. The Balaban J connectivity index is 3.02. The average Bonchev–Trinajstić information content (AvgIpc) is 2.40. The van der Waals surface area contributed by atoms with Gasteiger partial charge in [-0.25, -0.2) is 0 Å². The van der Waals surface area contributed by atoms with E-state index in [1.165, 1.54) is 0 Å². The first kappa shape index (κ1) is 3.05. The highest BCUT2D eigenvalue weighted by molar-refractivity contribution is 9.10. The number of fused-ring (bicyclic) bond motifs is 1. The summed E-state index contributed by atoms with van der Waals surface area (Å²) in [6.45, 7) is 0. The van der Waals surface area contributed by atoms with Crippen LogP contribution in [-0.4, -0.2) is 9.97 Å². The predicted molar refractivity (Wildman–Crippen MR) is 43.8 cm³/mol. The van der Waals surface area contributed by atoms with E-state index in [1.54, 1.807) is 0 Å². The number of rotatable bonds is 0. The van der Waals surface area contributed by atoms with E-state index in [0.29, 0.717) is 9.99 Å². The van der Waals surface area contributed by atoms with Crippen molar-refractivity contribution in [3.63, 3.8) is 0 Å². The van der Waals surface area contributed by atoms with Crippen molar-refractivity contribution >= 4 is 26.8 Å². The van der Waals surface area contributed by atoms with Crippen LogP contribution in [0.5, 0.6) is 0 Å². The van der Waals surface area contributed by atoms with Gasteiger partial charge in [0.05, 0.1) is 15.5 Å². The fourth-order valence-electron chi connectivity index (χ4n) is 0.719. The van der Waals surface area contributed by atoms with E-state index in [4.69, 9.17) is 5.48 Å². The summed E-state index contributed by atoms with van der Waals surface area (Å²) in [5.74, 6) is 0. The molecule has 0 aliphatic carbocycles. The third-order valence-corrected chi connectivity index (χ3v) is 1.74. The van der Waals surface area contributed by atoms with Crippen LogP contribution in [0.3, 0.4) is 0 Å². The summed E-state index contributed by atoms with van der Waals surface area (Å²) in [6, 6.07) is -0.0572. The van der Waals surface area contributed by atoms with Crippen LogP contribution in [0.2, 0.25) is 0 Å². The van der Waals surface area contributed by atoms with Gasteiger partial charge < -0.3 is 4.98 Å². The second-order valence-electron chi connectivity index (χ2n) is 1.77. The Morgan fingerprint density at radius 3 is 3.40 bits per heavy atom. The number of hydrogen-bond donors (Lipinski definition) is 1. The lowest BCUT2D eigenvalue weighted by atomic mass is 10.3. The van der Waals surface area contributed by atoms with E-state index in [0.717, 1.165) is 0 Å². The number of hydrogen-bond acceptors (Lipinski definition) is 1. The molecule has 1 N–H and O–H groups in total. The molecule has 0 bridgehead atoms. The minimum Gasteiger partial charge on any atom is -0.360 e. The average molecular weight is 201 g/mol. The van der Waals surface area contributed by atoms with Crippen molar-refractivity contribution < 1.29 is 5.48 Å². The summed E-state index contributed by atoms with van der Waals surface area (Å²) in [4.78, 5) is 6.27. The monoisotopic (exact) mass is 200 g/mol. The molecule has 0 unspecified atom stereocenters. The molecule has 2 aromatic rings. The minimum absolute atomic E-state index is 0.0572. The molecule has 3 heteroatoms. The summed E-state index contributed by atoms with van der Waals surface area (Å²) in [7, 11) is 0. The van der Waals surface area contributed by atoms with Crippen LogP contribution in [-0.2, 0) is 0 Å². The molecule has 2 heterocycles. The number of nitrogens with zero attached hydrogens (tertiary/aromatic N) is 1. The van der Waals surface area contributed by atoms with Gasteiger partial charge in [-0.2, -0.15) is 0 Å². The molecule has 0 aliphatic heterocycles. The molecule has 2 aromatic heterocycles. The highest BCUT2D eigenvalue weighted by Gasteiger charge is 1.96. The van der Waals surface area contributed by atoms with Crippen molar-refractivity contribution in [2.75, 3.05) is 0 Å². The molecular weight excluding hydrogens is 192 g/mol. The van der Waals surface area contributed by atoms with Crippen molar-refractivity contribution in [2.24, 2.45) is 0 Å². The molecule has 10 heavy (non-hydrogen) atoms. The first-order chi connectivity index (χ1) is 6.52. The Morgan fingerprint density at radius 2 is 2.50 bits per heavy atom. The summed E-state index contributed by atoms with van der Waals surface area (Å²) >= 11 is 3.13. The zero-order valence-corrected chi connectivity index (χ0v) is 6.41. The van der Waals surface area contributed by atoms with Crippen molar-refractivity contribution in [3.05, 3.63) is 29.0 Å². The number of pyridine rings is 1. The molecule has 0 saturated carbocycles. The predicted octanol–water partition coefficient (Wildman–Crippen LogP) is 2.33. The Morgan fingerprint density at radius 1 is 1.60 bits per heavy atom. The smallest absolute Gasteiger partial charge is 0.0853 e. The summed E-state index contributed by atoms with van der Waals surface area (Å²) in [5.41, 5.74) is 0.421. The van der Waals surface area contributed by atoms with Crippen molar-refractivity contribution in [1.82, 2.24) is 9.97 Å². The highest BCUT2D eigenvalue weighted by atomic mass is 79.9. The van der Waals surface area contributed by atoms with Gasteiger partial charge in [0.1, 0.15) is 0 Å². The quantitative estimate of drug-likeness (QED) is 0.696. The van der Waals surface area contributed by atoms with Gasteiger partial charge in [-0.15, -0.1) is 0 Å². The van der Waals surface area contributed by atoms with E-state index < -0.39 is 0 Å². The molecule has 0 aliphatic rings. The van der Waals surface area contributed by atoms with Crippen LogP contribution in [0.1, 0.15) is 5.48 Å². The zero-order chi connectivity index (χ0) is 10.5. The van der Waals surface area contributed by atoms with Crippen LogP contribution in [0.15, 0.2) is 29.0 Å². The molecular formula is C7H5BrN2. The minimum atomic E-state index is -0.145. The molecule has 50 valence electrons. The van der Waals surface area contributed by atoms with Crippen LogP contribution in [0.4, 0.5) is 0 Å². The summed E-state index contributed by atoms with van der Waals surface area (Å²) < 4.78 is 30.2. The Bertz CT molecular complexity index is 522. The maximum atomic E-state index is 7.52. The van der Waals surface area contributed by atoms with Gasteiger partial charge >= 0.3 is 0 Å². The SMILES string of the molecule is [2H]c1nc([2H])c2c([2H])c([2H])[nH]c2c1Br. The van der Waals surface area contributed by atoms with Gasteiger partial charge in [-0.05, 0) is 22.0 Å². The van der Waals surface area contributed by atoms with Gasteiger partial charge in [0, 0.05) is 23.9 Å². The van der Waals surface area contributed by atoms with E-state index in [1.807, 2.05) is 0 Å². The lowest BCUT2D eigenvalue weighted by Crippen LogP contribution is -1.72. The molecule has 0 fully saturated rings. The number of H-pyrrole nitrogens is 1. The second kappa shape index (κ2) is 2.09. The number of nitrogens with one attached hydrogen (secondary N) is 1. The van der Waals surface area contributed by atoms with E-state index >= 15 is 0 Å². The van der Waals surface area contributed by atoms with E-state index in [2.05, 4.69) is 25.9 Å². The number of halogens is 1. The van der Waals surface area contributed by atoms with Gasteiger partial charge in [-0.1, -0.05) is 0 Å². The fraction of sp³-hybridized carbons (Fsp3) is 0. The molecule has 0 saturated heterocycles. The normalized spacial score (nSPS) is 16.1. The summed E-state index contributed by atoms with van der Waals surface area (Å²) in [6.07, 6.45) is -0.279. The van der Waals surface area contributed by atoms with Gasteiger partial charge in [0.15, 0.2) is 0 Å². The Kier molecular flexibility index (Phi) is 0.638. The Labute approximate surface area is 72.0 Å². The maximum absolute atomic E-state index is 7.52. The highest BCUT2D eigenvalue weighted by Crippen LogP contribution is 2.19. The standard InChI is InChI=1S/C7H5BrN2/c8-6-4-9-3-5-1-2-10-7(5)6/h1-4,10H/i1D,2D,3D,4D. The molecule has 2 rings (SSSR count). The van der Waals surface area contributed by atoms with E-state index in [9.17, 15) is 0 Å². The second-order valence-corrected chi connectivity index (χ2v) is 2.57. The van der Waals surface area contributed by atoms with Crippen molar-refractivity contribution in [1.29, 1.82) is 0 Å². The van der Waals surface area contributed by atoms with Gasteiger partial charge in [0.2, 0.25) is 0 Å². The van der Waals surface area contributed by atoms with Crippen LogP contribution in [0.25, 0.3) is 10.9 Å². The van der Waals surface area contributed by atoms with Crippen molar-refractivity contribution in [3.8, 4) is 0 Å². The zero-order valence-electron chi connectivity index (χ0n) is 8.83. The van der Waals surface area contributed by atoms with Gasteiger partial charge in [0.25, 0.3) is 0 Å². The largest absolute Gasteiger partial charge is 0.360 e. The first-order valence-corrected chi connectivity index (χ1v) is 3.43. The lowest BCUT2D eigenvalue weighted by Gasteiger charge is -1.89. The Hall–Kier alpha value is -0.830. The first-order valence-electron chi connectivity index (χ1n) is 4.64. The maximum Gasteiger partial charge on any atom is 0.0853 e. The number of aromatic nitrogens is 2. The van der Waals surface area contributed by atoms with Gasteiger partial charge in [-0.3, -0.25) is 4.98 Å². The topological polar surface area (TPSA) is 28.7 Å². The third kappa shape index (κ3) is 0.743. The molecule has 0 aromatic carbocycles. The fourth-order valence-corrected chi connectivity index (χ4v) is 1.10. The van der Waals surface area contributed by atoms with Crippen LogP contribution >= 0.6 is 15.9 Å². The molecule has 0 atom stereocenters. The number of aromatic amines is 1. The van der Waals surface area contributed by atoms with E-state index in [-0.39, 0.29) is 29.9 Å². The lowest BCUT2D eigenvalue weighted by molar-refractivity contribution is 1.34.